The van der Waals surface area contributed by atoms with Gasteiger partial charge in [0.1, 0.15) is 7.11 Å². The van der Waals surface area contributed by atoms with Crippen molar-refractivity contribution in [1.82, 2.24) is 9.47 Å². The van der Waals surface area contributed by atoms with Crippen LogP contribution in [-0.4, -0.2) is 41.9 Å². The molecule has 0 radical (unpaired) electrons. The van der Waals surface area contributed by atoms with Gasteiger partial charge in [-0.3, -0.25) is 0 Å². The van der Waals surface area contributed by atoms with Gasteiger partial charge in [-0.15, -0.1) is 0 Å². The van der Waals surface area contributed by atoms with E-state index < -0.39 is 0 Å². The van der Waals surface area contributed by atoms with E-state index in [0.717, 1.165) is 23.6 Å². The van der Waals surface area contributed by atoms with Gasteiger partial charge in [-0.05, 0) is 62.5 Å². The van der Waals surface area contributed by atoms with E-state index in [0.29, 0.717) is 6.04 Å². The Morgan fingerprint density at radius 2 is 1.71 bits per heavy atom. The summed E-state index contributed by atoms with van der Waals surface area (Å²) >= 11 is 0. The van der Waals surface area contributed by atoms with Crippen LogP contribution in [0.5, 0.6) is 0 Å². The Bertz CT molecular complexity index is 793. The number of piperidine rings is 1. The molecule has 1 saturated heterocycles. The van der Waals surface area contributed by atoms with Crippen molar-refractivity contribution in [3.8, 4) is 0 Å². The molecule has 4 rings (SSSR count). The Labute approximate surface area is 169 Å². The zero-order valence-corrected chi connectivity index (χ0v) is 17.7. The summed E-state index contributed by atoms with van der Waals surface area (Å²) in [6.45, 7) is 7.22. The van der Waals surface area contributed by atoms with Gasteiger partial charge >= 0.3 is 0 Å². The first-order valence-electron chi connectivity index (χ1n) is 11.1. The molecule has 1 aromatic heterocycles. The van der Waals surface area contributed by atoms with E-state index >= 15 is 0 Å². The molecule has 0 unspecified atom stereocenters. The van der Waals surface area contributed by atoms with Gasteiger partial charge in [-0.2, -0.15) is 0 Å². The zero-order valence-electron chi connectivity index (χ0n) is 17.7. The molecule has 0 spiro atoms. The van der Waals surface area contributed by atoms with Gasteiger partial charge in [0, 0.05) is 36.1 Å². The van der Waals surface area contributed by atoms with Gasteiger partial charge in [0.05, 0.1) is 11.9 Å². The van der Waals surface area contributed by atoms with Crippen molar-refractivity contribution in [1.29, 1.82) is 0 Å². The highest BCUT2D eigenvalue weighted by Crippen LogP contribution is 2.35. The quantitative estimate of drug-likeness (QED) is 0.507. The summed E-state index contributed by atoms with van der Waals surface area (Å²) in [5.74, 6) is 1.79. The molecule has 2 aromatic rings. The average molecular weight is 382 g/mol. The van der Waals surface area contributed by atoms with Crippen LogP contribution in [0, 0.1) is 11.8 Å². The third-order valence-electron chi connectivity index (χ3n) is 7.13. The number of nitrogens with zero attached hydrogens (tertiary/aromatic N) is 3. The third-order valence-corrected chi connectivity index (χ3v) is 7.13. The van der Waals surface area contributed by atoms with Crippen LogP contribution in [0.3, 0.4) is 0 Å². The summed E-state index contributed by atoms with van der Waals surface area (Å²) in [7, 11) is 1.61. The number of para-hydroxylation sites is 1. The maximum atomic E-state index is 4.95. The summed E-state index contributed by atoms with van der Waals surface area (Å²) in [5.41, 5.74) is 2.47. The fraction of sp³-hybridized carbons (Fsp3) is 0.625. The second-order valence-electron chi connectivity index (χ2n) is 8.99. The molecular formula is C24H35N3O. The number of fused-ring (bicyclic) bond motifs is 1. The van der Waals surface area contributed by atoms with Crippen LogP contribution >= 0.6 is 0 Å². The van der Waals surface area contributed by atoms with Crippen LogP contribution < -0.4 is 0 Å². The summed E-state index contributed by atoms with van der Waals surface area (Å²) in [6, 6.07) is 12.3. The van der Waals surface area contributed by atoms with Gasteiger partial charge in [0.25, 0.3) is 0 Å². The molecule has 4 heteroatoms. The van der Waals surface area contributed by atoms with Crippen LogP contribution in [-0.2, 0) is 4.84 Å². The van der Waals surface area contributed by atoms with Crippen molar-refractivity contribution in [2.75, 3.05) is 20.2 Å². The van der Waals surface area contributed by atoms with Gasteiger partial charge in [-0.25, -0.2) is 0 Å². The summed E-state index contributed by atoms with van der Waals surface area (Å²) in [5, 5.41) is 5.33. The number of likely N-dealkylation sites (tertiary alicyclic amines) is 1. The number of aromatic nitrogens is 1. The monoisotopic (exact) mass is 381 g/mol. The summed E-state index contributed by atoms with van der Waals surface area (Å²) < 4.78 is 2.49. The van der Waals surface area contributed by atoms with Crippen LogP contribution in [0.2, 0.25) is 0 Å². The van der Waals surface area contributed by atoms with E-state index in [4.69, 9.17) is 4.84 Å². The molecule has 2 aliphatic rings. The molecule has 1 saturated carbocycles. The molecule has 2 heterocycles. The van der Waals surface area contributed by atoms with E-state index in [1.165, 1.54) is 62.5 Å². The second kappa shape index (κ2) is 8.69. The van der Waals surface area contributed by atoms with Crippen LogP contribution in [0.4, 0.5) is 0 Å². The van der Waals surface area contributed by atoms with Crippen molar-refractivity contribution < 1.29 is 4.84 Å². The van der Waals surface area contributed by atoms with Crippen molar-refractivity contribution in [3.05, 3.63) is 36.0 Å². The Balaban J connectivity index is 1.45. The largest absolute Gasteiger partial charge is 0.399 e. The summed E-state index contributed by atoms with van der Waals surface area (Å²) in [4.78, 5) is 7.73. The SMILES string of the molecule is CON=Cc1cc2ccccc2n1C1CCN(C2CCC(C(C)C)CC2)CC1. The maximum Gasteiger partial charge on any atom is 0.106 e. The van der Waals surface area contributed by atoms with Crippen molar-refractivity contribution in [2.45, 2.75) is 64.5 Å². The Kier molecular flexibility index (Phi) is 6.05. The lowest BCUT2D eigenvalue weighted by Gasteiger charge is -2.42. The topological polar surface area (TPSA) is 29.8 Å². The first-order chi connectivity index (χ1) is 13.7. The second-order valence-corrected chi connectivity index (χ2v) is 8.99. The molecule has 1 aliphatic carbocycles. The minimum Gasteiger partial charge on any atom is -0.399 e. The highest BCUT2D eigenvalue weighted by Gasteiger charge is 2.31. The van der Waals surface area contributed by atoms with Gasteiger partial charge < -0.3 is 14.3 Å². The molecular weight excluding hydrogens is 346 g/mol. The van der Waals surface area contributed by atoms with Crippen LogP contribution in [0.1, 0.15) is 64.1 Å². The molecule has 0 atom stereocenters. The molecule has 4 nitrogen and oxygen atoms in total. The Morgan fingerprint density at radius 1 is 1.00 bits per heavy atom. The zero-order chi connectivity index (χ0) is 19.5. The fourth-order valence-corrected chi connectivity index (χ4v) is 5.45. The number of hydrogen-bond acceptors (Lipinski definition) is 3. The highest BCUT2D eigenvalue weighted by atomic mass is 16.6. The Hall–Kier alpha value is -1.81. The third kappa shape index (κ3) is 3.98. The minimum absolute atomic E-state index is 0.543. The van der Waals surface area contributed by atoms with E-state index in [1.807, 2.05) is 6.21 Å². The van der Waals surface area contributed by atoms with Crippen LogP contribution in [0.15, 0.2) is 35.5 Å². The maximum absolute atomic E-state index is 4.95. The number of rotatable bonds is 5. The van der Waals surface area contributed by atoms with Crippen molar-refractivity contribution in [3.63, 3.8) is 0 Å². The average Bonchev–Trinajstić information content (AvgIpc) is 3.10. The predicted octanol–water partition coefficient (Wildman–Crippen LogP) is 5.47. The number of hydrogen-bond donors (Lipinski definition) is 0. The van der Waals surface area contributed by atoms with Gasteiger partial charge in [0.15, 0.2) is 0 Å². The lowest BCUT2D eigenvalue weighted by atomic mass is 9.79. The lowest BCUT2D eigenvalue weighted by Crippen LogP contribution is -2.44. The van der Waals surface area contributed by atoms with Gasteiger partial charge in [-0.1, -0.05) is 37.2 Å². The van der Waals surface area contributed by atoms with Crippen LogP contribution in [0.25, 0.3) is 10.9 Å². The van der Waals surface area contributed by atoms with E-state index in [9.17, 15) is 0 Å². The summed E-state index contributed by atoms with van der Waals surface area (Å²) in [6.07, 6.45) is 9.93. The number of benzene rings is 1. The molecule has 152 valence electrons. The van der Waals surface area contributed by atoms with E-state index in [1.54, 1.807) is 7.11 Å². The fourth-order valence-electron chi connectivity index (χ4n) is 5.45. The van der Waals surface area contributed by atoms with E-state index in [-0.39, 0.29) is 0 Å². The Morgan fingerprint density at radius 3 is 2.39 bits per heavy atom. The van der Waals surface area contributed by atoms with Gasteiger partial charge in [0.2, 0.25) is 0 Å². The van der Waals surface area contributed by atoms with Crippen molar-refractivity contribution >= 4 is 17.1 Å². The standard InChI is InChI=1S/C24H35N3O/c1-18(2)19-8-10-21(11-9-19)26-14-12-22(13-15-26)27-23(17-25-28-3)16-20-6-4-5-7-24(20)27/h4-7,16-19,21-22H,8-15H2,1-3H3. The molecule has 0 N–H and O–H groups in total. The molecule has 1 aromatic carbocycles. The van der Waals surface area contributed by atoms with Crippen molar-refractivity contribution in [2.24, 2.45) is 17.0 Å². The normalized spacial score (nSPS) is 25.1. The molecule has 0 bridgehead atoms. The first-order valence-corrected chi connectivity index (χ1v) is 11.1. The molecule has 0 amide bonds. The number of oxime groups is 1. The lowest BCUT2D eigenvalue weighted by molar-refractivity contribution is 0.0893. The smallest absolute Gasteiger partial charge is 0.106 e. The highest BCUT2D eigenvalue weighted by molar-refractivity contribution is 5.90. The predicted molar refractivity (Wildman–Crippen MR) is 117 cm³/mol. The first kappa shape index (κ1) is 19.5. The molecule has 2 fully saturated rings. The molecule has 1 aliphatic heterocycles. The minimum atomic E-state index is 0.543. The molecule has 28 heavy (non-hydrogen) atoms. The van der Waals surface area contributed by atoms with E-state index in [2.05, 4.69) is 58.8 Å².